The number of hydrogen-bond donors (Lipinski definition) is 4. The fourth-order valence-corrected chi connectivity index (χ4v) is 7.52. The second-order valence-corrected chi connectivity index (χ2v) is 14.2. The standard InChI is InChI=1S/C30H31F2N5O6S2/c1-15(24-10-17(14-44-24)27(33)34)36-29(40)23-11-18(45(2,41)42)13-37(23)25(38)12-35-28(39)16-7-8-21-22(9-16)19-5-3-4-6-20(19)26(21)43-30(31)32/h3-10,14-15,18,23,26,30H,11-13H2,1-2H3,(H3,33,34)(H,35,39)(H,36,40)/t15?,18-,23+,26?/m1/s1. The van der Waals surface area contributed by atoms with Crippen LogP contribution >= 0.6 is 11.3 Å². The van der Waals surface area contributed by atoms with Crippen LogP contribution in [0.5, 0.6) is 0 Å². The first-order valence-electron chi connectivity index (χ1n) is 13.9. The number of halogens is 2. The summed E-state index contributed by atoms with van der Waals surface area (Å²) in [4.78, 5) is 41.6. The van der Waals surface area contributed by atoms with Crippen molar-refractivity contribution in [2.75, 3.05) is 19.3 Å². The molecule has 1 saturated heterocycles. The normalized spacial score (nSPS) is 19.6. The molecule has 45 heavy (non-hydrogen) atoms. The number of nitrogen functional groups attached to an aromatic ring is 1. The molecule has 5 N–H and O–H groups in total. The zero-order valence-corrected chi connectivity index (χ0v) is 25.9. The summed E-state index contributed by atoms with van der Waals surface area (Å²) in [6.45, 7) is -2.00. The van der Waals surface area contributed by atoms with E-state index < -0.39 is 64.2 Å². The first kappa shape index (κ1) is 32.2. The van der Waals surface area contributed by atoms with Crippen LogP contribution in [0.4, 0.5) is 8.78 Å². The van der Waals surface area contributed by atoms with E-state index in [0.717, 1.165) is 16.0 Å². The Hall–Kier alpha value is -4.21. The SMILES string of the molecule is CC(NC(=O)[C@@H]1C[C@@H](S(C)(=O)=O)CN1C(=O)CNC(=O)c1ccc2c(c1)-c1ccccc1C2OC(F)F)c1cc(C(=N)N)cs1. The number of rotatable bonds is 10. The van der Waals surface area contributed by atoms with E-state index in [4.69, 9.17) is 15.9 Å². The van der Waals surface area contributed by atoms with Gasteiger partial charge < -0.3 is 26.0 Å². The van der Waals surface area contributed by atoms with Crippen molar-refractivity contribution in [3.8, 4) is 11.1 Å². The van der Waals surface area contributed by atoms with Crippen LogP contribution < -0.4 is 16.4 Å². The van der Waals surface area contributed by atoms with Gasteiger partial charge in [0.1, 0.15) is 18.0 Å². The first-order valence-corrected chi connectivity index (χ1v) is 16.7. The Kier molecular flexibility index (Phi) is 9.05. The van der Waals surface area contributed by atoms with Gasteiger partial charge in [0.15, 0.2) is 9.84 Å². The number of carbonyl (C=O) groups is 3. The largest absolute Gasteiger partial charge is 0.384 e. The molecule has 1 fully saturated rings. The summed E-state index contributed by atoms with van der Waals surface area (Å²) >= 11 is 1.30. The van der Waals surface area contributed by atoms with E-state index in [1.165, 1.54) is 29.5 Å². The molecule has 15 heteroatoms. The van der Waals surface area contributed by atoms with Crippen LogP contribution in [0, 0.1) is 5.41 Å². The van der Waals surface area contributed by atoms with E-state index in [1.54, 1.807) is 42.6 Å². The molecule has 1 aliphatic carbocycles. The van der Waals surface area contributed by atoms with Crippen molar-refractivity contribution in [1.82, 2.24) is 15.5 Å². The van der Waals surface area contributed by atoms with Crippen molar-refractivity contribution in [2.45, 2.75) is 43.4 Å². The number of hydrogen-bond acceptors (Lipinski definition) is 8. The van der Waals surface area contributed by atoms with Crippen LogP contribution in [0.25, 0.3) is 11.1 Å². The van der Waals surface area contributed by atoms with E-state index in [2.05, 4.69) is 10.6 Å². The van der Waals surface area contributed by atoms with Crippen molar-refractivity contribution in [3.05, 3.63) is 81.0 Å². The van der Waals surface area contributed by atoms with Crippen LogP contribution in [0.2, 0.25) is 0 Å². The molecular formula is C30H31F2N5O6S2. The summed E-state index contributed by atoms with van der Waals surface area (Å²) in [6, 6.07) is 11.5. The van der Waals surface area contributed by atoms with Gasteiger partial charge in [-0.15, -0.1) is 11.3 Å². The van der Waals surface area contributed by atoms with Gasteiger partial charge in [0.25, 0.3) is 5.91 Å². The van der Waals surface area contributed by atoms with Gasteiger partial charge in [-0.25, -0.2) is 8.42 Å². The molecule has 5 rings (SSSR count). The third kappa shape index (κ3) is 6.74. The maximum Gasteiger partial charge on any atom is 0.346 e. The lowest BCUT2D eigenvalue weighted by Crippen LogP contribution is -2.49. The number of benzene rings is 2. The number of nitrogens with one attached hydrogen (secondary N) is 3. The lowest BCUT2D eigenvalue weighted by molar-refractivity contribution is -0.152. The van der Waals surface area contributed by atoms with Gasteiger partial charge in [0.05, 0.1) is 17.8 Å². The van der Waals surface area contributed by atoms with E-state index in [1.807, 2.05) is 0 Å². The summed E-state index contributed by atoms with van der Waals surface area (Å²) in [5.74, 6) is -1.93. The monoisotopic (exact) mass is 659 g/mol. The number of nitrogens with two attached hydrogens (primary N) is 1. The number of sulfone groups is 1. The number of fused-ring (bicyclic) bond motifs is 3. The van der Waals surface area contributed by atoms with Gasteiger partial charge >= 0.3 is 6.61 Å². The molecule has 0 spiro atoms. The highest BCUT2D eigenvalue weighted by molar-refractivity contribution is 7.91. The highest BCUT2D eigenvalue weighted by Gasteiger charge is 2.43. The Balaban J connectivity index is 1.28. The minimum Gasteiger partial charge on any atom is -0.384 e. The predicted molar refractivity (Wildman–Crippen MR) is 164 cm³/mol. The predicted octanol–water partition coefficient (Wildman–Crippen LogP) is 2.96. The summed E-state index contributed by atoms with van der Waals surface area (Å²) < 4.78 is 55.9. The van der Waals surface area contributed by atoms with Crippen LogP contribution in [-0.4, -0.2) is 74.1 Å². The Morgan fingerprint density at radius 1 is 1.11 bits per heavy atom. The van der Waals surface area contributed by atoms with E-state index in [0.29, 0.717) is 27.8 Å². The van der Waals surface area contributed by atoms with Crippen molar-refractivity contribution in [1.29, 1.82) is 5.41 Å². The Labute approximate surface area is 262 Å². The second kappa shape index (κ2) is 12.7. The zero-order valence-electron chi connectivity index (χ0n) is 24.3. The fourth-order valence-electron chi connectivity index (χ4n) is 5.64. The lowest BCUT2D eigenvalue weighted by atomic mass is 10.0. The van der Waals surface area contributed by atoms with Gasteiger partial charge in [0, 0.05) is 34.2 Å². The molecule has 2 aliphatic rings. The summed E-state index contributed by atoms with van der Waals surface area (Å²) in [5, 5.41) is 13.6. The Morgan fingerprint density at radius 3 is 2.49 bits per heavy atom. The minimum atomic E-state index is -3.59. The molecule has 2 aromatic carbocycles. The van der Waals surface area contributed by atoms with E-state index >= 15 is 0 Å². The fraction of sp³-hybridized carbons (Fsp3) is 0.333. The third-order valence-electron chi connectivity index (χ3n) is 7.98. The highest BCUT2D eigenvalue weighted by Crippen LogP contribution is 2.46. The number of carbonyl (C=O) groups excluding carboxylic acids is 3. The molecule has 1 aliphatic heterocycles. The van der Waals surface area contributed by atoms with Crippen LogP contribution in [-0.2, 0) is 24.2 Å². The maximum atomic E-state index is 13.3. The highest BCUT2D eigenvalue weighted by atomic mass is 32.2. The molecule has 3 aromatic rings. The van der Waals surface area contributed by atoms with Crippen molar-refractivity contribution >= 4 is 44.7 Å². The van der Waals surface area contributed by atoms with Crippen molar-refractivity contribution in [2.24, 2.45) is 5.73 Å². The van der Waals surface area contributed by atoms with Crippen LogP contribution in [0.3, 0.4) is 0 Å². The average molecular weight is 660 g/mol. The number of ether oxygens (including phenoxy) is 1. The van der Waals surface area contributed by atoms with Crippen LogP contribution in [0.1, 0.15) is 57.4 Å². The van der Waals surface area contributed by atoms with E-state index in [-0.39, 0.29) is 24.4 Å². The third-order valence-corrected chi connectivity index (χ3v) is 10.6. The van der Waals surface area contributed by atoms with Crippen LogP contribution in [0.15, 0.2) is 53.9 Å². The number of alkyl halides is 2. The number of likely N-dealkylation sites (tertiary alicyclic amines) is 1. The maximum absolute atomic E-state index is 13.3. The molecule has 4 atom stereocenters. The summed E-state index contributed by atoms with van der Waals surface area (Å²) in [7, 11) is -3.59. The second-order valence-electron chi connectivity index (χ2n) is 11.0. The molecule has 0 bridgehead atoms. The topological polar surface area (TPSA) is 172 Å². The van der Waals surface area contributed by atoms with Gasteiger partial charge in [-0.3, -0.25) is 19.8 Å². The molecule has 11 nitrogen and oxygen atoms in total. The molecular weight excluding hydrogens is 628 g/mol. The molecule has 0 saturated carbocycles. The first-order chi connectivity index (χ1) is 21.2. The van der Waals surface area contributed by atoms with Gasteiger partial charge in [0.2, 0.25) is 11.8 Å². The average Bonchev–Trinajstić information content (AvgIpc) is 3.73. The lowest BCUT2D eigenvalue weighted by Gasteiger charge is -2.25. The molecule has 238 valence electrons. The van der Waals surface area contributed by atoms with Crippen molar-refractivity contribution in [3.63, 3.8) is 0 Å². The summed E-state index contributed by atoms with van der Waals surface area (Å²) in [5.41, 5.74) is 8.45. The summed E-state index contributed by atoms with van der Waals surface area (Å²) in [6.07, 6.45) is -0.0514. The van der Waals surface area contributed by atoms with E-state index in [9.17, 15) is 31.6 Å². The minimum absolute atomic E-state index is 0.105. The number of nitrogens with zero attached hydrogens (tertiary/aromatic N) is 1. The number of amidine groups is 1. The zero-order chi connectivity index (χ0) is 32.6. The smallest absolute Gasteiger partial charge is 0.346 e. The quantitative estimate of drug-likeness (QED) is 0.191. The molecule has 0 radical (unpaired) electrons. The molecule has 1 aromatic heterocycles. The van der Waals surface area contributed by atoms with Gasteiger partial charge in [-0.05, 0) is 53.8 Å². The van der Waals surface area contributed by atoms with Gasteiger partial charge in [-0.1, -0.05) is 30.3 Å². The Morgan fingerprint density at radius 2 is 1.82 bits per heavy atom. The number of amides is 3. The molecule has 2 unspecified atom stereocenters. The Bertz CT molecular complexity index is 1780. The molecule has 3 amide bonds. The van der Waals surface area contributed by atoms with Gasteiger partial charge in [-0.2, -0.15) is 8.78 Å². The van der Waals surface area contributed by atoms with Crippen molar-refractivity contribution < 1.29 is 36.3 Å². The molecule has 2 heterocycles. The number of thiophene rings is 1.